The number of halogens is 2. The normalized spacial score (nSPS) is 10.5. The first-order valence-electron chi connectivity index (χ1n) is 5.97. The van der Waals surface area contributed by atoms with Crippen LogP contribution in [0.4, 0.5) is 4.39 Å². The Bertz CT molecular complexity index is 560. The minimum absolute atomic E-state index is 0.242. The van der Waals surface area contributed by atoms with Gasteiger partial charge in [0.05, 0.1) is 11.6 Å². The Labute approximate surface area is 120 Å². The van der Waals surface area contributed by atoms with Gasteiger partial charge in [-0.1, -0.05) is 24.3 Å². The summed E-state index contributed by atoms with van der Waals surface area (Å²) in [7, 11) is 1.66. The molecule has 0 heterocycles. The molecule has 0 amide bonds. The number of methoxy groups -OCH3 is 1. The summed E-state index contributed by atoms with van der Waals surface area (Å²) in [5, 5.41) is 3.32. The maximum Gasteiger partial charge on any atom is 0.137 e. The highest BCUT2D eigenvalue weighted by atomic mass is 79.9. The second-order valence-electron chi connectivity index (χ2n) is 4.16. The Kier molecular flexibility index (Phi) is 4.93. The average molecular weight is 324 g/mol. The van der Waals surface area contributed by atoms with Crippen molar-refractivity contribution in [3.05, 3.63) is 63.9 Å². The van der Waals surface area contributed by atoms with Gasteiger partial charge in [-0.25, -0.2) is 4.39 Å². The molecule has 0 atom stereocenters. The van der Waals surface area contributed by atoms with Crippen LogP contribution in [0.5, 0.6) is 5.75 Å². The van der Waals surface area contributed by atoms with Gasteiger partial charge in [0.25, 0.3) is 0 Å². The number of benzene rings is 2. The monoisotopic (exact) mass is 323 g/mol. The lowest BCUT2D eigenvalue weighted by atomic mass is 10.2. The van der Waals surface area contributed by atoms with Gasteiger partial charge in [-0.05, 0) is 39.7 Å². The SMILES string of the molecule is COc1ccccc1CNCc1ccc(F)c(Br)c1. The molecule has 100 valence electrons. The van der Waals surface area contributed by atoms with Crippen LogP contribution in [0.1, 0.15) is 11.1 Å². The van der Waals surface area contributed by atoms with Crippen LogP contribution >= 0.6 is 15.9 Å². The lowest BCUT2D eigenvalue weighted by molar-refractivity contribution is 0.407. The smallest absolute Gasteiger partial charge is 0.137 e. The first-order chi connectivity index (χ1) is 9.20. The highest BCUT2D eigenvalue weighted by Gasteiger charge is 2.02. The molecule has 0 spiro atoms. The van der Waals surface area contributed by atoms with Gasteiger partial charge >= 0.3 is 0 Å². The van der Waals surface area contributed by atoms with E-state index in [1.165, 1.54) is 6.07 Å². The van der Waals surface area contributed by atoms with E-state index in [1.807, 2.05) is 24.3 Å². The van der Waals surface area contributed by atoms with E-state index in [0.717, 1.165) is 16.9 Å². The average Bonchev–Trinajstić information content (AvgIpc) is 2.43. The predicted molar refractivity (Wildman–Crippen MR) is 77.6 cm³/mol. The summed E-state index contributed by atoms with van der Waals surface area (Å²) in [4.78, 5) is 0. The van der Waals surface area contributed by atoms with Crippen molar-refractivity contribution in [2.75, 3.05) is 7.11 Å². The van der Waals surface area contributed by atoms with Gasteiger partial charge in [-0.2, -0.15) is 0 Å². The Morgan fingerprint density at radius 3 is 2.68 bits per heavy atom. The van der Waals surface area contributed by atoms with E-state index < -0.39 is 0 Å². The highest BCUT2D eigenvalue weighted by Crippen LogP contribution is 2.18. The van der Waals surface area contributed by atoms with E-state index in [2.05, 4.69) is 21.2 Å². The molecule has 2 nitrogen and oxygen atoms in total. The fourth-order valence-corrected chi connectivity index (χ4v) is 2.27. The first kappa shape index (κ1) is 14.0. The molecule has 1 N–H and O–H groups in total. The summed E-state index contributed by atoms with van der Waals surface area (Å²) in [6.07, 6.45) is 0. The van der Waals surface area contributed by atoms with E-state index in [1.54, 1.807) is 19.2 Å². The lowest BCUT2D eigenvalue weighted by Gasteiger charge is -2.09. The second kappa shape index (κ2) is 6.68. The van der Waals surface area contributed by atoms with Crippen LogP contribution in [0.2, 0.25) is 0 Å². The van der Waals surface area contributed by atoms with Crippen molar-refractivity contribution in [3.8, 4) is 5.75 Å². The van der Waals surface area contributed by atoms with Gasteiger partial charge in [0.15, 0.2) is 0 Å². The van der Waals surface area contributed by atoms with E-state index >= 15 is 0 Å². The standard InChI is InChI=1S/C15H15BrFNO/c1-19-15-5-3-2-4-12(15)10-18-9-11-6-7-14(17)13(16)8-11/h2-8,18H,9-10H2,1H3. The third kappa shape index (κ3) is 3.78. The molecule has 0 aliphatic carbocycles. The van der Waals surface area contributed by atoms with E-state index in [4.69, 9.17) is 4.74 Å². The van der Waals surface area contributed by atoms with Gasteiger partial charge in [0, 0.05) is 18.7 Å². The Balaban J connectivity index is 1.94. The van der Waals surface area contributed by atoms with Crippen molar-refractivity contribution in [1.29, 1.82) is 0 Å². The summed E-state index contributed by atoms with van der Waals surface area (Å²) < 4.78 is 18.9. The number of hydrogen-bond acceptors (Lipinski definition) is 2. The fourth-order valence-electron chi connectivity index (χ4n) is 1.84. The van der Waals surface area contributed by atoms with Crippen molar-refractivity contribution in [2.24, 2.45) is 0 Å². The number of nitrogens with one attached hydrogen (secondary N) is 1. The molecule has 0 unspecified atom stereocenters. The van der Waals surface area contributed by atoms with Crippen LogP contribution in [-0.4, -0.2) is 7.11 Å². The van der Waals surface area contributed by atoms with E-state index in [9.17, 15) is 4.39 Å². The molecule has 2 aromatic carbocycles. The molecule has 0 saturated heterocycles. The summed E-state index contributed by atoms with van der Waals surface area (Å²) in [5.74, 6) is 0.628. The fraction of sp³-hybridized carbons (Fsp3) is 0.200. The lowest BCUT2D eigenvalue weighted by Crippen LogP contribution is -2.13. The van der Waals surface area contributed by atoms with Crippen molar-refractivity contribution < 1.29 is 9.13 Å². The topological polar surface area (TPSA) is 21.3 Å². The van der Waals surface area contributed by atoms with Crippen molar-refractivity contribution in [2.45, 2.75) is 13.1 Å². The second-order valence-corrected chi connectivity index (χ2v) is 5.02. The molecule has 19 heavy (non-hydrogen) atoms. The van der Waals surface area contributed by atoms with Gasteiger partial charge in [-0.15, -0.1) is 0 Å². The summed E-state index contributed by atoms with van der Waals surface area (Å²) in [5.41, 5.74) is 2.13. The molecule has 0 saturated carbocycles. The van der Waals surface area contributed by atoms with Gasteiger partial charge in [0.2, 0.25) is 0 Å². The third-order valence-electron chi connectivity index (χ3n) is 2.82. The molecular weight excluding hydrogens is 309 g/mol. The van der Waals surface area contributed by atoms with Crippen molar-refractivity contribution in [1.82, 2.24) is 5.32 Å². The van der Waals surface area contributed by atoms with E-state index in [-0.39, 0.29) is 5.82 Å². The number of para-hydroxylation sites is 1. The molecule has 4 heteroatoms. The van der Waals surface area contributed by atoms with Crippen LogP contribution in [0.3, 0.4) is 0 Å². The third-order valence-corrected chi connectivity index (χ3v) is 3.43. The van der Waals surface area contributed by atoms with Gasteiger partial charge in [0.1, 0.15) is 11.6 Å². The molecule has 2 rings (SSSR count). The van der Waals surface area contributed by atoms with E-state index in [0.29, 0.717) is 17.6 Å². The van der Waals surface area contributed by atoms with Gasteiger partial charge < -0.3 is 10.1 Å². The van der Waals surface area contributed by atoms with Crippen LogP contribution in [0.15, 0.2) is 46.9 Å². The summed E-state index contributed by atoms with van der Waals surface area (Å²) in [6, 6.07) is 12.9. The quantitative estimate of drug-likeness (QED) is 0.901. The number of hydrogen-bond donors (Lipinski definition) is 1. The maximum atomic E-state index is 13.1. The summed E-state index contributed by atoms with van der Waals surface area (Å²) in [6.45, 7) is 1.38. The molecule has 0 aliphatic rings. The largest absolute Gasteiger partial charge is 0.496 e. The molecule has 0 fully saturated rings. The van der Waals surface area contributed by atoms with Crippen molar-refractivity contribution >= 4 is 15.9 Å². The molecular formula is C15H15BrFNO. The van der Waals surface area contributed by atoms with Crippen LogP contribution < -0.4 is 10.1 Å². The van der Waals surface area contributed by atoms with Crippen LogP contribution in [0.25, 0.3) is 0 Å². The minimum Gasteiger partial charge on any atom is -0.496 e. The zero-order chi connectivity index (χ0) is 13.7. The Morgan fingerprint density at radius 1 is 1.16 bits per heavy atom. The molecule has 0 bridgehead atoms. The minimum atomic E-state index is -0.242. The predicted octanol–water partition coefficient (Wildman–Crippen LogP) is 3.89. The van der Waals surface area contributed by atoms with Crippen LogP contribution in [0, 0.1) is 5.82 Å². The van der Waals surface area contributed by atoms with Crippen molar-refractivity contribution in [3.63, 3.8) is 0 Å². The first-order valence-corrected chi connectivity index (χ1v) is 6.76. The Hall–Kier alpha value is -1.39. The van der Waals surface area contributed by atoms with Gasteiger partial charge in [-0.3, -0.25) is 0 Å². The zero-order valence-corrected chi connectivity index (χ0v) is 12.2. The summed E-state index contributed by atoms with van der Waals surface area (Å²) >= 11 is 3.18. The molecule has 2 aromatic rings. The molecule has 0 aliphatic heterocycles. The maximum absolute atomic E-state index is 13.1. The molecule has 0 radical (unpaired) electrons. The number of ether oxygens (including phenoxy) is 1. The van der Waals surface area contributed by atoms with Crippen LogP contribution in [-0.2, 0) is 13.1 Å². The zero-order valence-electron chi connectivity index (χ0n) is 10.6. The number of rotatable bonds is 5. The Morgan fingerprint density at radius 2 is 1.95 bits per heavy atom. The molecule has 0 aromatic heterocycles. The highest BCUT2D eigenvalue weighted by molar-refractivity contribution is 9.10.